The maximum atomic E-state index is 13.4. The van der Waals surface area contributed by atoms with Crippen LogP contribution in [-0.2, 0) is 9.53 Å². The lowest BCUT2D eigenvalue weighted by atomic mass is 9.96. The van der Waals surface area contributed by atoms with Crippen LogP contribution in [0.15, 0.2) is 74.5 Å². The van der Waals surface area contributed by atoms with E-state index in [9.17, 15) is 9.59 Å². The van der Waals surface area contributed by atoms with Gasteiger partial charge >= 0.3 is 5.97 Å². The van der Waals surface area contributed by atoms with E-state index in [0.717, 1.165) is 11.3 Å². The number of carbonyl (C=O) groups excluding carboxylic acids is 1. The molecule has 164 valence electrons. The summed E-state index contributed by atoms with van der Waals surface area (Å²) in [6.45, 7) is 7.24. The number of hydrogen-bond donors (Lipinski definition) is 0. The minimum Gasteiger partial charge on any atom is -0.497 e. The van der Waals surface area contributed by atoms with Gasteiger partial charge in [-0.3, -0.25) is 9.36 Å². The number of thiazole rings is 1. The summed E-state index contributed by atoms with van der Waals surface area (Å²) >= 11 is 1.25. The molecule has 3 heterocycles. The molecule has 7 nitrogen and oxygen atoms in total. The lowest BCUT2D eigenvalue weighted by Gasteiger charge is -2.24. The number of hydrogen-bond acceptors (Lipinski definition) is 7. The number of rotatable bonds is 6. The van der Waals surface area contributed by atoms with E-state index in [0.29, 0.717) is 32.1 Å². The summed E-state index contributed by atoms with van der Waals surface area (Å²) in [5.41, 5.74) is 1.30. The molecule has 0 spiro atoms. The topological polar surface area (TPSA) is 83.0 Å². The summed E-state index contributed by atoms with van der Waals surface area (Å²) in [6.07, 6.45) is 3.19. The van der Waals surface area contributed by atoms with Crippen LogP contribution in [0.1, 0.15) is 30.0 Å². The molecule has 0 fully saturated rings. The van der Waals surface area contributed by atoms with Crippen molar-refractivity contribution in [2.24, 2.45) is 4.99 Å². The largest absolute Gasteiger partial charge is 0.497 e. The highest BCUT2D eigenvalue weighted by atomic mass is 32.1. The third-order valence-electron chi connectivity index (χ3n) is 5.04. The molecule has 0 saturated carbocycles. The van der Waals surface area contributed by atoms with Crippen LogP contribution in [-0.4, -0.2) is 24.3 Å². The van der Waals surface area contributed by atoms with Gasteiger partial charge in [-0.15, -0.1) is 0 Å². The van der Waals surface area contributed by atoms with E-state index < -0.39 is 12.0 Å². The van der Waals surface area contributed by atoms with Crippen molar-refractivity contribution >= 4 is 23.4 Å². The quantitative estimate of drug-likeness (QED) is 0.426. The maximum absolute atomic E-state index is 13.4. The Labute approximate surface area is 188 Å². The minimum absolute atomic E-state index is 0.0627. The van der Waals surface area contributed by atoms with Gasteiger partial charge in [-0.05, 0) is 43.7 Å². The monoisotopic (exact) mass is 450 g/mol. The lowest BCUT2D eigenvalue weighted by Crippen LogP contribution is -2.39. The summed E-state index contributed by atoms with van der Waals surface area (Å²) in [5, 5.41) is 0. The number of fused-ring (bicyclic) bond motifs is 1. The molecule has 0 radical (unpaired) electrons. The predicted molar refractivity (Wildman–Crippen MR) is 121 cm³/mol. The molecule has 3 aromatic rings. The van der Waals surface area contributed by atoms with Gasteiger partial charge in [-0.2, -0.15) is 0 Å². The molecule has 1 atom stereocenters. The van der Waals surface area contributed by atoms with E-state index in [1.54, 1.807) is 38.3 Å². The SMILES string of the molecule is C=CCOC(=O)C1=C(C)N=c2sc(=Cc3ccc(C)o3)c(=O)n2[C@H]1c1ccc(OC)cc1. The molecular formula is C24H22N2O5S. The van der Waals surface area contributed by atoms with Crippen molar-refractivity contribution in [3.8, 4) is 5.75 Å². The first-order valence-electron chi connectivity index (χ1n) is 9.94. The fraction of sp³-hybridized carbons (Fsp3) is 0.208. The van der Waals surface area contributed by atoms with Crippen LogP contribution in [0.4, 0.5) is 0 Å². The minimum atomic E-state index is -0.685. The molecule has 0 saturated heterocycles. The molecule has 0 bridgehead atoms. The van der Waals surface area contributed by atoms with Gasteiger partial charge in [-0.25, -0.2) is 9.79 Å². The summed E-state index contributed by atoms with van der Waals surface area (Å²) in [6, 6.07) is 10.2. The Morgan fingerprint density at radius 2 is 2.00 bits per heavy atom. The second-order valence-electron chi connectivity index (χ2n) is 7.19. The van der Waals surface area contributed by atoms with E-state index in [1.165, 1.54) is 22.0 Å². The Hall–Kier alpha value is -3.65. The zero-order valence-corrected chi connectivity index (χ0v) is 18.8. The van der Waals surface area contributed by atoms with Gasteiger partial charge in [0.2, 0.25) is 0 Å². The van der Waals surface area contributed by atoms with Crippen molar-refractivity contribution in [3.05, 3.63) is 97.1 Å². The maximum Gasteiger partial charge on any atom is 0.338 e. The summed E-state index contributed by atoms with van der Waals surface area (Å²) in [7, 11) is 1.58. The average molecular weight is 451 g/mol. The fourth-order valence-corrected chi connectivity index (χ4v) is 4.58. The van der Waals surface area contributed by atoms with Crippen LogP contribution in [0.3, 0.4) is 0 Å². The number of ether oxygens (including phenoxy) is 2. The number of benzene rings is 1. The first-order valence-corrected chi connectivity index (χ1v) is 10.8. The first kappa shape index (κ1) is 21.6. The van der Waals surface area contributed by atoms with Gasteiger partial charge < -0.3 is 13.9 Å². The number of nitrogens with zero attached hydrogens (tertiary/aromatic N) is 2. The van der Waals surface area contributed by atoms with E-state index in [-0.39, 0.29) is 12.2 Å². The zero-order valence-electron chi connectivity index (χ0n) is 18.0. The summed E-state index contributed by atoms with van der Waals surface area (Å²) in [5.74, 6) is 1.46. The van der Waals surface area contributed by atoms with E-state index in [2.05, 4.69) is 11.6 Å². The molecule has 0 unspecified atom stereocenters. The van der Waals surface area contributed by atoms with Crippen molar-refractivity contribution < 1.29 is 18.7 Å². The Kier molecular flexibility index (Phi) is 5.96. The van der Waals surface area contributed by atoms with Gasteiger partial charge in [0.25, 0.3) is 5.56 Å². The van der Waals surface area contributed by atoms with Crippen molar-refractivity contribution in [2.75, 3.05) is 13.7 Å². The van der Waals surface area contributed by atoms with Gasteiger partial charge in [0.1, 0.15) is 23.9 Å². The number of esters is 1. The molecule has 32 heavy (non-hydrogen) atoms. The molecule has 1 aromatic carbocycles. The van der Waals surface area contributed by atoms with Crippen molar-refractivity contribution in [3.63, 3.8) is 0 Å². The normalized spacial score (nSPS) is 15.8. The Bertz CT molecular complexity index is 1390. The van der Waals surface area contributed by atoms with Crippen LogP contribution in [0.5, 0.6) is 5.75 Å². The predicted octanol–water partition coefficient (Wildman–Crippen LogP) is 2.87. The number of methoxy groups -OCH3 is 1. The second kappa shape index (κ2) is 8.84. The lowest BCUT2D eigenvalue weighted by molar-refractivity contribution is -0.138. The van der Waals surface area contributed by atoms with Crippen LogP contribution in [0.25, 0.3) is 6.08 Å². The van der Waals surface area contributed by atoms with Crippen molar-refractivity contribution in [1.82, 2.24) is 4.57 Å². The van der Waals surface area contributed by atoms with Crippen molar-refractivity contribution in [1.29, 1.82) is 0 Å². The fourth-order valence-electron chi connectivity index (χ4n) is 3.56. The standard InChI is InChI=1S/C24H22N2O5S/c1-5-12-30-23(28)20-15(3)25-24-26(21(20)16-7-10-17(29-4)11-8-16)22(27)19(32-24)13-18-9-6-14(2)31-18/h5-11,13,21H,1,12H2,2-4H3/t21-/m0/s1. The highest BCUT2D eigenvalue weighted by Gasteiger charge is 2.33. The third kappa shape index (κ3) is 3.97. The molecule has 4 rings (SSSR count). The molecule has 2 aromatic heterocycles. The van der Waals surface area contributed by atoms with E-state index in [4.69, 9.17) is 13.9 Å². The van der Waals surface area contributed by atoms with E-state index >= 15 is 0 Å². The molecule has 8 heteroatoms. The van der Waals surface area contributed by atoms with Crippen LogP contribution >= 0.6 is 11.3 Å². The molecule has 0 N–H and O–H groups in total. The molecular weight excluding hydrogens is 428 g/mol. The van der Waals surface area contributed by atoms with Gasteiger partial charge in [0.05, 0.1) is 29.0 Å². The van der Waals surface area contributed by atoms with Crippen LogP contribution in [0.2, 0.25) is 0 Å². The smallest absolute Gasteiger partial charge is 0.338 e. The molecule has 1 aliphatic rings. The van der Waals surface area contributed by atoms with Gasteiger partial charge in [0.15, 0.2) is 4.80 Å². The molecule has 1 aliphatic heterocycles. The van der Waals surface area contributed by atoms with Crippen LogP contribution in [0, 0.1) is 6.92 Å². The number of aromatic nitrogens is 1. The third-order valence-corrected chi connectivity index (χ3v) is 6.02. The highest BCUT2D eigenvalue weighted by Crippen LogP contribution is 2.31. The average Bonchev–Trinajstić information content (AvgIpc) is 3.33. The first-order chi connectivity index (χ1) is 15.4. The Morgan fingerprint density at radius 1 is 1.25 bits per heavy atom. The number of furan rings is 1. The zero-order chi connectivity index (χ0) is 22.8. The summed E-state index contributed by atoms with van der Waals surface area (Å²) < 4.78 is 18.2. The number of allylic oxidation sites excluding steroid dienone is 1. The molecule has 0 aliphatic carbocycles. The second-order valence-corrected chi connectivity index (χ2v) is 8.20. The highest BCUT2D eigenvalue weighted by molar-refractivity contribution is 7.07. The van der Waals surface area contributed by atoms with Gasteiger partial charge in [-0.1, -0.05) is 36.1 Å². The summed E-state index contributed by atoms with van der Waals surface area (Å²) in [4.78, 5) is 31.5. The Morgan fingerprint density at radius 3 is 2.62 bits per heavy atom. The van der Waals surface area contributed by atoms with E-state index in [1.807, 2.05) is 25.1 Å². The van der Waals surface area contributed by atoms with Crippen LogP contribution < -0.4 is 19.6 Å². The van der Waals surface area contributed by atoms with Crippen molar-refractivity contribution in [2.45, 2.75) is 19.9 Å². The number of aryl methyl sites for hydroxylation is 1. The Balaban J connectivity index is 1.92. The van der Waals surface area contributed by atoms with Gasteiger partial charge in [0, 0.05) is 6.08 Å². The molecule has 0 amide bonds. The number of carbonyl (C=O) groups is 1.